The molecule has 17 nitrogen and oxygen atoms in total. The van der Waals surface area contributed by atoms with E-state index in [1.54, 1.807) is 56.2 Å². The van der Waals surface area contributed by atoms with Crippen LogP contribution in [-0.4, -0.2) is 108 Å². The summed E-state index contributed by atoms with van der Waals surface area (Å²) in [5.74, 6) is 2.25. The molecule has 3 atom stereocenters. The molecule has 4 aromatic rings. The Kier molecular flexibility index (Phi) is 51.6. The van der Waals surface area contributed by atoms with Gasteiger partial charge >= 0.3 is 0 Å². The topological polar surface area (TPSA) is 179 Å². The Bertz CT molecular complexity index is 1080. The Hall–Kier alpha value is -3.99. The molecule has 2 saturated heterocycles. The standard InChI is InChI=1S/C5H9N.2C5H10O.2C3H6N4.2C3H5N3.5C2H6/c1-5-3-2-4-6-5;1-5-2-3-6-4-5;1-5-3-2-4-6-5;2*1-3-4-6-7(2)5-3;1-6-2-4-5-3-6;1-6-3-4-2-5-6;5*1-2/h4-5H,2-3H2,1H3;2*5H,2-4H2,1H3;2*1-2H3;2*2-3H,1H3;5*1-2H3. The van der Waals surface area contributed by atoms with Gasteiger partial charge in [0.05, 0.1) is 20.2 Å². The predicted octanol–water partition coefficient (Wildman–Crippen LogP) is 7.27. The van der Waals surface area contributed by atoms with E-state index in [1.807, 2.05) is 89.5 Å². The van der Waals surface area contributed by atoms with Crippen molar-refractivity contribution in [3.05, 3.63) is 37.0 Å². The number of aryl methyl sites for hydroxylation is 6. The molecule has 0 bridgehead atoms. The Labute approximate surface area is 329 Å². The molecule has 0 N–H and O–H groups in total. The fraction of sp³-hybridized carbons (Fsp3) is 0.811. The average Bonchev–Trinajstić information content (AvgIpc) is 4.05. The highest BCUT2D eigenvalue weighted by atomic mass is 16.5. The molecule has 0 spiro atoms. The molecule has 3 unspecified atom stereocenters. The first-order chi connectivity index (χ1) is 26.0. The first-order valence-corrected chi connectivity index (χ1v) is 19.7. The summed E-state index contributed by atoms with van der Waals surface area (Å²) in [6, 6.07) is 0.616. The molecule has 0 aliphatic carbocycles. The first kappa shape index (κ1) is 59.3. The van der Waals surface area contributed by atoms with Gasteiger partial charge in [0, 0.05) is 40.0 Å². The molecule has 0 radical (unpaired) electrons. The third kappa shape index (κ3) is 44.2. The van der Waals surface area contributed by atoms with Crippen molar-refractivity contribution >= 4 is 6.21 Å². The van der Waals surface area contributed by atoms with Crippen LogP contribution >= 0.6 is 0 Å². The smallest absolute Gasteiger partial charge is 0.171 e. The summed E-state index contributed by atoms with van der Waals surface area (Å²) in [7, 11) is 7.17. The van der Waals surface area contributed by atoms with Gasteiger partial charge in [0.25, 0.3) is 0 Å². The van der Waals surface area contributed by atoms with Crippen LogP contribution in [0.5, 0.6) is 0 Å². The minimum absolute atomic E-state index is 0.546. The van der Waals surface area contributed by atoms with Crippen LogP contribution in [0.3, 0.4) is 0 Å². The van der Waals surface area contributed by atoms with E-state index < -0.39 is 0 Å². The van der Waals surface area contributed by atoms with Crippen molar-refractivity contribution in [1.82, 2.24) is 69.9 Å². The molecular formula is C37H81N15O2. The quantitative estimate of drug-likeness (QED) is 0.175. The SMILES string of the molecule is CC.CC.CC.CC.CC.CC1CCC=N1.CC1CCCO1.CC1CCOC1.Cc1nnn(C)n1.Cc1nnn(C)n1.Cn1cncn1.Cn1cnnc1. The summed E-state index contributed by atoms with van der Waals surface area (Å²) in [4.78, 5) is 10.6. The minimum Gasteiger partial charge on any atom is -0.381 e. The van der Waals surface area contributed by atoms with Gasteiger partial charge in [0.15, 0.2) is 11.6 Å². The van der Waals surface area contributed by atoms with Crippen molar-refractivity contribution < 1.29 is 9.47 Å². The van der Waals surface area contributed by atoms with Gasteiger partial charge in [-0.25, -0.2) is 4.98 Å². The molecule has 54 heavy (non-hydrogen) atoms. The molecular weight excluding hydrogens is 687 g/mol. The van der Waals surface area contributed by atoms with Gasteiger partial charge in [-0.15, -0.1) is 30.6 Å². The summed E-state index contributed by atoms with van der Waals surface area (Å²) in [6.07, 6.45) is 15.2. The van der Waals surface area contributed by atoms with Crippen molar-refractivity contribution in [2.75, 3.05) is 19.8 Å². The summed E-state index contributed by atoms with van der Waals surface area (Å²) in [5.41, 5.74) is 0. The molecule has 0 aromatic carbocycles. The van der Waals surface area contributed by atoms with E-state index in [1.165, 1.54) is 48.0 Å². The van der Waals surface area contributed by atoms with E-state index in [4.69, 9.17) is 9.47 Å². The lowest BCUT2D eigenvalue weighted by Gasteiger charge is -1.94. The Balaban J connectivity index is -0.000000166. The van der Waals surface area contributed by atoms with E-state index in [0.29, 0.717) is 23.8 Å². The largest absolute Gasteiger partial charge is 0.381 e. The van der Waals surface area contributed by atoms with Gasteiger partial charge in [-0.2, -0.15) is 14.7 Å². The minimum atomic E-state index is 0.546. The molecule has 316 valence electrons. The lowest BCUT2D eigenvalue weighted by atomic mass is 10.2. The van der Waals surface area contributed by atoms with Crippen LogP contribution in [0.15, 0.2) is 30.3 Å². The number of tetrazole rings is 2. The highest BCUT2D eigenvalue weighted by molar-refractivity contribution is 5.59. The van der Waals surface area contributed by atoms with Crippen LogP contribution in [-0.2, 0) is 37.7 Å². The van der Waals surface area contributed by atoms with E-state index in [-0.39, 0.29) is 0 Å². The van der Waals surface area contributed by atoms with Crippen molar-refractivity contribution in [3.63, 3.8) is 0 Å². The summed E-state index contributed by atoms with van der Waals surface area (Å²) < 4.78 is 13.6. The molecule has 0 saturated carbocycles. The second-order valence-electron chi connectivity index (χ2n) is 10.4. The Morgan fingerprint density at radius 3 is 1.30 bits per heavy atom. The average molecular weight is 768 g/mol. The van der Waals surface area contributed by atoms with Crippen LogP contribution in [0.2, 0.25) is 0 Å². The fourth-order valence-corrected chi connectivity index (χ4v) is 3.31. The molecule has 2 fully saturated rings. The van der Waals surface area contributed by atoms with Gasteiger partial charge < -0.3 is 14.0 Å². The summed E-state index contributed by atoms with van der Waals surface area (Å²) >= 11 is 0. The first-order valence-electron chi connectivity index (χ1n) is 19.7. The predicted molar refractivity (Wildman–Crippen MR) is 222 cm³/mol. The van der Waals surface area contributed by atoms with Gasteiger partial charge in [0.1, 0.15) is 25.3 Å². The van der Waals surface area contributed by atoms with Crippen LogP contribution in [0.1, 0.15) is 134 Å². The molecule has 3 aliphatic heterocycles. The third-order valence-corrected chi connectivity index (χ3v) is 5.67. The van der Waals surface area contributed by atoms with Crippen molar-refractivity contribution in [2.24, 2.45) is 39.1 Å². The van der Waals surface area contributed by atoms with Crippen LogP contribution in [0.25, 0.3) is 0 Å². The Morgan fingerprint density at radius 2 is 1.19 bits per heavy atom. The maximum Gasteiger partial charge on any atom is 0.171 e. The maximum atomic E-state index is 5.15. The zero-order valence-electron chi connectivity index (χ0n) is 37.8. The number of aliphatic imine (C=N–C) groups is 1. The normalized spacial score (nSPS) is 16.2. The molecule has 7 rings (SSSR count). The highest BCUT2D eigenvalue weighted by Gasteiger charge is 2.08. The fourth-order valence-electron chi connectivity index (χ4n) is 3.31. The lowest BCUT2D eigenvalue weighted by molar-refractivity contribution is 0.125. The summed E-state index contributed by atoms with van der Waals surface area (Å²) in [5, 5.41) is 32.8. The molecule has 7 heterocycles. The molecule has 17 heteroatoms. The van der Waals surface area contributed by atoms with Gasteiger partial charge in [0.2, 0.25) is 0 Å². The van der Waals surface area contributed by atoms with Crippen molar-refractivity contribution in [1.29, 1.82) is 0 Å². The Morgan fingerprint density at radius 1 is 0.667 bits per heavy atom. The van der Waals surface area contributed by atoms with E-state index in [2.05, 4.69) is 76.9 Å². The van der Waals surface area contributed by atoms with Crippen molar-refractivity contribution in [2.45, 2.75) is 148 Å². The third-order valence-electron chi connectivity index (χ3n) is 5.67. The molecule has 0 amide bonds. The highest BCUT2D eigenvalue weighted by Crippen LogP contribution is 2.09. The molecule has 3 aliphatic rings. The van der Waals surface area contributed by atoms with Gasteiger partial charge in [-0.3, -0.25) is 9.67 Å². The van der Waals surface area contributed by atoms with Crippen molar-refractivity contribution in [3.8, 4) is 0 Å². The number of rotatable bonds is 0. The van der Waals surface area contributed by atoms with E-state index in [0.717, 1.165) is 25.7 Å². The zero-order chi connectivity index (χ0) is 42.6. The number of ether oxygens (including phenoxy) is 2. The molecule has 4 aromatic heterocycles. The van der Waals surface area contributed by atoms with Gasteiger partial charge in [-0.1, -0.05) is 76.2 Å². The zero-order valence-corrected chi connectivity index (χ0v) is 37.8. The summed E-state index contributed by atoms with van der Waals surface area (Å²) in [6.45, 7) is 33.0. The van der Waals surface area contributed by atoms with E-state index >= 15 is 0 Å². The number of hydrogen-bond acceptors (Lipinski definition) is 13. The maximum absolute atomic E-state index is 5.15. The van der Waals surface area contributed by atoms with Crippen LogP contribution in [0.4, 0.5) is 0 Å². The number of aromatic nitrogens is 14. The number of nitrogens with zero attached hydrogens (tertiary/aromatic N) is 15. The second kappa shape index (κ2) is 47.0. The second-order valence-corrected chi connectivity index (χ2v) is 10.4. The monoisotopic (exact) mass is 768 g/mol. The number of hydrogen-bond donors (Lipinski definition) is 0. The van der Waals surface area contributed by atoms with Crippen LogP contribution in [0, 0.1) is 19.8 Å². The lowest BCUT2D eigenvalue weighted by Crippen LogP contribution is -1.94. The van der Waals surface area contributed by atoms with Gasteiger partial charge in [-0.05, 0) is 82.4 Å². The van der Waals surface area contributed by atoms with E-state index in [9.17, 15) is 0 Å². The van der Waals surface area contributed by atoms with Crippen LogP contribution < -0.4 is 0 Å².